The summed E-state index contributed by atoms with van der Waals surface area (Å²) in [6.45, 7) is 4.53. The number of rotatable bonds is 7. The van der Waals surface area contributed by atoms with Gasteiger partial charge in [-0.05, 0) is 37.8 Å². The number of thiophene rings is 1. The van der Waals surface area contributed by atoms with Crippen LogP contribution in [0.1, 0.15) is 37.1 Å². The summed E-state index contributed by atoms with van der Waals surface area (Å²) < 4.78 is 0. The zero-order chi connectivity index (χ0) is 11.4. The Balaban J connectivity index is 1.70. The van der Waals surface area contributed by atoms with E-state index in [1.54, 1.807) is 0 Å². The van der Waals surface area contributed by atoms with Crippen LogP contribution in [0.15, 0.2) is 17.5 Å². The quantitative estimate of drug-likeness (QED) is 0.786. The summed E-state index contributed by atoms with van der Waals surface area (Å²) in [5, 5.41) is 5.82. The first-order valence-corrected chi connectivity index (χ1v) is 7.16. The van der Waals surface area contributed by atoms with Gasteiger partial charge in [0, 0.05) is 30.1 Å². The van der Waals surface area contributed by atoms with E-state index in [0.717, 1.165) is 12.6 Å². The summed E-state index contributed by atoms with van der Waals surface area (Å²) in [6.07, 6.45) is 3.98. The second kappa shape index (κ2) is 5.80. The Morgan fingerprint density at radius 1 is 1.56 bits per heavy atom. The maximum atomic E-state index is 3.65. The average Bonchev–Trinajstić information content (AvgIpc) is 3.01. The van der Waals surface area contributed by atoms with Gasteiger partial charge in [0.2, 0.25) is 0 Å². The molecule has 2 rings (SSSR count). The summed E-state index contributed by atoms with van der Waals surface area (Å²) >= 11 is 1.86. The normalized spacial score (nSPS) is 17.9. The van der Waals surface area contributed by atoms with Crippen LogP contribution in [-0.4, -0.2) is 31.1 Å². The van der Waals surface area contributed by atoms with E-state index in [4.69, 9.17) is 0 Å². The lowest BCUT2D eigenvalue weighted by molar-refractivity contribution is 0.314. The van der Waals surface area contributed by atoms with Gasteiger partial charge in [0.15, 0.2) is 0 Å². The summed E-state index contributed by atoms with van der Waals surface area (Å²) in [5.41, 5.74) is 0. The smallest absolute Gasteiger partial charge is 0.0412 e. The standard InChI is InChI=1S/C13H22N2S/c1-3-12(13-5-4-10-16-13)14-8-9-15(2)11-6-7-11/h4-5,10-12,14H,3,6-9H2,1-2H3. The molecule has 1 atom stereocenters. The first-order chi connectivity index (χ1) is 7.81. The Hall–Kier alpha value is -0.380. The van der Waals surface area contributed by atoms with Crippen molar-refractivity contribution >= 4 is 11.3 Å². The highest BCUT2D eigenvalue weighted by Crippen LogP contribution is 2.25. The Kier molecular flexibility index (Phi) is 4.38. The lowest BCUT2D eigenvalue weighted by atomic mass is 10.2. The van der Waals surface area contributed by atoms with Crippen molar-refractivity contribution in [1.82, 2.24) is 10.2 Å². The fourth-order valence-electron chi connectivity index (χ4n) is 2.05. The maximum Gasteiger partial charge on any atom is 0.0412 e. The predicted molar refractivity (Wildman–Crippen MR) is 71.0 cm³/mol. The highest BCUT2D eigenvalue weighted by atomic mass is 32.1. The van der Waals surface area contributed by atoms with Gasteiger partial charge in [0.1, 0.15) is 0 Å². The van der Waals surface area contributed by atoms with Crippen molar-refractivity contribution in [2.75, 3.05) is 20.1 Å². The molecule has 0 aromatic carbocycles. The predicted octanol–water partition coefficient (Wildman–Crippen LogP) is 2.88. The number of hydrogen-bond donors (Lipinski definition) is 1. The Bertz CT molecular complexity index is 293. The largest absolute Gasteiger partial charge is 0.308 e. The highest BCUT2D eigenvalue weighted by molar-refractivity contribution is 7.10. The monoisotopic (exact) mass is 238 g/mol. The Morgan fingerprint density at radius 2 is 2.38 bits per heavy atom. The first kappa shape index (κ1) is 12.1. The minimum absolute atomic E-state index is 0.549. The molecular weight excluding hydrogens is 216 g/mol. The first-order valence-electron chi connectivity index (χ1n) is 6.28. The van der Waals surface area contributed by atoms with Crippen LogP contribution in [0.5, 0.6) is 0 Å². The minimum Gasteiger partial charge on any atom is -0.308 e. The van der Waals surface area contributed by atoms with Crippen molar-refractivity contribution in [1.29, 1.82) is 0 Å². The SMILES string of the molecule is CCC(NCCN(C)C1CC1)c1cccs1. The molecular formula is C13H22N2S. The van der Waals surface area contributed by atoms with Crippen LogP contribution in [-0.2, 0) is 0 Å². The summed E-state index contributed by atoms with van der Waals surface area (Å²) in [4.78, 5) is 3.95. The molecule has 1 aromatic rings. The van der Waals surface area contributed by atoms with Crippen LogP contribution >= 0.6 is 11.3 Å². The zero-order valence-electron chi connectivity index (χ0n) is 10.3. The molecule has 3 heteroatoms. The van der Waals surface area contributed by atoms with Crippen molar-refractivity contribution < 1.29 is 0 Å². The van der Waals surface area contributed by atoms with Gasteiger partial charge in [0.25, 0.3) is 0 Å². The summed E-state index contributed by atoms with van der Waals surface area (Å²) in [7, 11) is 2.24. The van der Waals surface area contributed by atoms with E-state index in [-0.39, 0.29) is 0 Å². The molecule has 0 amide bonds. The molecule has 0 radical (unpaired) electrons. The molecule has 1 aromatic heterocycles. The maximum absolute atomic E-state index is 3.65. The topological polar surface area (TPSA) is 15.3 Å². The van der Waals surface area contributed by atoms with Gasteiger partial charge in [-0.15, -0.1) is 11.3 Å². The van der Waals surface area contributed by atoms with Crippen LogP contribution < -0.4 is 5.32 Å². The fraction of sp³-hybridized carbons (Fsp3) is 0.692. The molecule has 1 unspecified atom stereocenters. The van der Waals surface area contributed by atoms with Gasteiger partial charge in [-0.2, -0.15) is 0 Å². The molecule has 1 heterocycles. The van der Waals surface area contributed by atoms with Crippen LogP contribution in [0.4, 0.5) is 0 Å². The number of nitrogens with one attached hydrogen (secondary N) is 1. The number of hydrogen-bond acceptors (Lipinski definition) is 3. The Labute approximate surface area is 103 Å². The van der Waals surface area contributed by atoms with Crippen molar-refractivity contribution in [2.24, 2.45) is 0 Å². The Morgan fingerprint density at radius 3 is 2.94 bits per heavy atom. The van der Waals surface area contributed by atoms with Crippen molar-refractivity contribution in [3.63, 3.8) is 0 Å². The van der Waals surface area contributed by atoms with Gasteiger partial charge in [-0.25, -0.2) is 0 Å². The third kappa shape index (κ3) is 3.30. The van der Waals surface area contributed by atoms with Crippen molar-refractivity contribution in [2.45, 2.75) is 38.3 Å². The van der Waals surface area contributed by atoms with E-state index in [2.05, 4.69) is 41.7 Å². The molecule has 16 heavy (non-hydrogen) atoms. The molecule has 0 aliphatic heterocycles. The highest BCUT2D eigenvalue weighted by Gasteiger charge is 2.25. The molecule has 0 bridgehead atoms. The lowest BCUT2D eigenvalue weighted by Gasteiger charge is -2.19. The van der Waals surface area contributed by atoms with Gasteiger partial charge >= 0.3 is 0 Å². The fourth-order valence-corrected chi connectivity index (χ4v) is 2.93. The van der Waals surface area contributed by atoms with Crippen molar-refractivity contribution in [3.8, 4) is 0 Å². The second-order valence-corrected chi connectivity index (χ2v) is 5.62. The van der Waals surface area contributed by atoms with Gasteiger partial charge in [-0.3, -0.25) is 0 Å². The second-order valence-electron chi connectivity index (χ2n) is 4.64. The van der Waals surface area contributed by atoms with Crippen LogP contribution in [0.25, 0.3) is 0 Å². The molecule has 0 spiro atoms. The van der Waals surface area contributed by atoms with E-state index in [0.29, 0.717) is 6.04 Å². The minimum atomic E-state index is 0.549. The summed E-state index contributed by atoms with van der Waals surface area (Å²) in [6, 6.07) is 5.80. The van der Waals surface area contributed by atoms with E-state index in [1.165, 1.54) is 30.7 Å². The van der Waals surface area contributed by atoms with E-state index in [9.17, 15) is 0 Å². The average molecular weight is 238 g/mol. The number of likely N-dealkylation sites (N-methyl/N-ethyl adjacent to an activating group) is 1. The lowest BCUT2D eigenvalue weighted by Crippen LogP contribution is -2.32. The molecule has 90 valence electrons. The molecule has 2 nitrogen and oxygen atoms in total. The molecule has 1 fully saturated rings. The molecule has 1 aliphatic carbocycles. The number of nitrogens with zero attached hydrogens (tertiary/aromatic N) is 1. The van der Waals surface area contributed by atoms with E-state index in [1.807, 2.05) is 11.3 Å². The zero-order valence-corrected chi connectivity index (χ0v) is 11.1. The molecule has 1 saturated carbocycles. The third-order valence-corrected chi connectivity index (χ3v) is 4.31. The van der Waals surface area contributed by atoms with Crippen LogP contribution in [0, 0.1) is 0 Å². The van der Waals surface area contributed by atoms with E-state index < -0.39 is 0 Å². The summed E-state index contributed by atoms with van der Waals surface area (Å²) in [5.74, 6) is 0. The third-order valence-electron chi connectivity index (χ3n) is 3.32. The van der Waals surface area contributed by atoms with E-state index >= 15 is 0 Å². The van der Waals surface area contributed by atoms with Crippen LogP contribution in [0.3, 0.4) is 0 Å². The van der Waals surface area contributed by atoms with Gasteiger partial charge in [0.05, 0.1) is 0 Å². The van der Waals surface area contributed by atoms with Crippen LogP contribution in [0.2, 0.25) is 0 Å². The molecule has 0 saturated heterocycles. The van der Waals surface area contributed by atoms with Gasteiger partial charge in [-0.1, -0.05) is 13.0 Å². The van der Waals surface area contributed by atoms with Gasteiger partial charge < -0.3 is 10.2 Å². The van der Waals surface area contributed by atoms with Crippen molar-refractivity contribution in [3.05, 3.63) is 22.4 Å². The molecule has 1 N–H and O–H groups in total. The molecule has 1 aliphatic rings.